The van der Waals surface area contributed by atoms with Crippen molar-refractivity contribution < 1.29 is 4.79 Å². The first-order chi connectivity index (χ1) is 13.9. The third-order valence-corrected chi connectivity index (χ3v) is 6.62. The molecule has 162 valence electrons. The van der Waals surface area contributed by atoms with Gasteiger partial charge in [0.05, 0.1) is 16.1 Å². The second kappa shape index (κ2) is 11.1. The van der Waals surface area contributed by atoms with E-state index >= 15 is 0 Å². The van der Waals surface area contributed by atoms with E-state index in [0.717, 1.165) is 46.1 Å². The zero-order valence-electron chi connectivity index (χ0n) is 17.9. The summed E-state index contributed by atoms with van der Waals surface area (Å²) in [6, 6.07) is 12.0. The van der Waals surface area contributed by atoms with Crippen LogP contribution >= 0.6 is 35.3 Å². The second-order valence-electron chi connectivity index (χ2n) is 7.26. The Morgan fingerprint density at radius 3 is 2.50 bits per heavy atom. The van der Waals surface area contributed by atoms with Crippen LogP contribution < -0.4 is 4.90 Å². The Morgan fingerprint density at radius 1 is 1.10 bits per heavy atom. The number of para-hydroxylation sites is 1. The number of anilines is 1. The molecule has 0 spiro atoms. The highest BCUT2D eigenvalue weighted by Gasteiger charge is 2.22. The lowest BCUT2D eigenvalue weighted by Gasteiger charge is -2.25. The first-order valence-electron chi connectivity index (χ1n) is 10.1. The first kappa shape index (κ1) is 24.6. The van der Waals surface area contributed by atoms with Crippen molar-refractivity contribution in [2.45, 2.75) is 34.1 Å². The number of thiazole rings is 1. The van der Waals surface area contributed by atoms with Crippen molar-refractivity contribution in [3.8, 4) is 0 Å². The molecule has 0 radical (unpaired) electrons. The van der Waals surface area contributed by atoms with Gasteiger partial charge in [-0.15, -0.1) is 12.4 Å². The van der Waals surface area contributed by atoms with Crippen molar-refractivity contribution in [3.63, 3.8) is 0 Å². The molecule has 1 amide bonds. The summed E-state index contributed by atoms with van der Waals surface area (Å²) in [5.74, 6) is 0.0704. The van der Waals surface area contributed by atoms with E-state index in [9.17, 15) is 4.79 Å². The van der Waals surface area contributed by atoms with Gasteiger partial charge in [-0.05, 0) is 50.2 Å². The molecule has 7 heteroatoms. The van der Waals surface area contributed by atoms with Crippen molar-refractivity contribution in [2.75, 3.05) is 31.1 Å². The lowest BCUT2D eigenvalue weighted by atomic mass is 10.0. The Bertz CT molecular complexity index is 1000. The topological polar surface area (TPSA) is 36.4 Å². The van der Waals surface area contributed by atoms with Crippen LogP contribution in [0.15, 0.2) is 36.4 Å². The molecule has 0 unspecified atom stereocenters. The van der Waals surface area contributed by atoms with Crippen LogP contribution in [0, 0.1) is 13.8 Å². The number of aryl methyl sites for hydroxylation is 2. The smallest absolute Gasteiger partial charge is 0.233 e. The van der Waals surface area contributed by atoms with Crippen LogP contribution in [0.25, 0.3) is 10.2 Å². The fraction of sp³-hybridized carbons (Fsp3) is 0.391. The molecule has 2 aromatic carbocycles. The van der Waals surface area contributed by atoms with Gasteiger partial charge in [-0.25, -0.2) is 4.98 Å². The average Bonchev–Trinajstić information content (AvgIpc) is 3.13. The van der Waals surface area contributed by atoms with Crippen molar-refractivity contribution in [3.05, 3.63) is 58.1 Å². The number of aromatic nitrogens is 1. The summed E-state index contributed by atoms with van der Waals surface area (Å²) < 4.78 is 1.000. The number of fused-ring (bicyclic) bond motifs is 1. The molecule has 0 aliphatic rings. The summed E-state index contributed by atoms with van der Waals surface area (Å²) in [6.45, 7) is 11.7. The molecule has 0 atom stereocenters. The van der Waals surface area contributed by atoms with Crippen LogP contribution in [0.1, 0.15) is 30.5 Å². The molecule has 3 aromatic rings. The van der Waals surface area contributed by atoms with Crippen LogP contribution in [0.2, 0.25) is 5.02 Å². The van der Waals surface area contributed by atoms with E-state index in [0.29, 0.717) is 18.0 Å². The second-order valence-corrected chi connectivity index (χ2v) is 8.68. The highest BCUT2D eigenvalue weighted by molar-refractivity contribution is 7.22. The fourth-order valence-corrected chi connectivity index (χ4v) is 4.68. The predicted octanol–water partition coefficient (Wildman–Crippen LogP) is 5.91. The Labute approximate surface area is 194 Å². The Morgan fingerprint density at radius 2 is 1.83 bits per heavy atom. The molecule has 1 aromatic heterocycles. The quantitative estimate of drug-likeness (QED) is 0.414. The van der Waals surface area contributed by atoms with Gasteiger partial charge in [-0.1, -0.05) is 66.6 Å². The molecule has 0 saturated heterocycles. The molecule has 3 rings (SSSR count). The van der Waals surface area contributed by atoms with Gasteiger partial charge in [0.25, 0.3) is 0 Å². The Balaban J connectivity index is 0.00000320. The van der Waals surface area contributed by atoms with Gasteiger partial charge >= 0.3 is 0 Å². The van der Waals surface area contributed by atoms with Crippen LogP contribution in [-0.2, 0) is 11.2 Å². The van der Waals surface area contributed by atoms with Crippen LogP contribution in [0.4, 0.5) is 5.13 Å². The Kier molecular flexibility index (Phi) is 9.10. The summed E-state index contributed by atoms with van der Waals surface area (Å²) >= 11 is 7.85. The van der Waals surface area contributed by atoms with Gasteiger partial charge in [0.2, 0.25) is 5.91 Å². The number of amides is 1. The maximum atomic E-state index is 13.4. The molecule has 0 aliphatic heterocycles. The largest absolute Gasteiger partial charge is 0.302 e. The van der Waals surface area contributed by atoms with E-state index in [1.165, 1.54) is 16.9 Å². The fourth-order valence-electron chi connectivity index (χ4n) is 3.38. The minimum absolute atomic E-state index is 0. The lowest BCUT2D eigenvalue weighted by Crippen LogP contribution is -2.39. The van der Waals surface area contributed by atoms with Crippen LogP contribution in [0.3, 0.4) is 0 Å². The maximum Gasteiger partial charge on any atom is 0.233 e. The van der Waals surface area contributed by atoms with Gasteiger partial charge < -0.3 is 4.90 Å². The molecule has 0 saturated carbocycles. The van der Waals surface area contributed by atoms with Gasteiger partial charge in [-0.3, -0.25) is 9.69 Å². The highest BCUT2D eigenvalue weighted by Crippen LogP contribution is 2.33. The predicted molar refractivity (Wildman–Crippen MR) is 132 cm³/mol. The lowest BCUT2D eigenvalue weighted by molar-refractivity contribution is -0.118. The average molecular weight is 466 g/mol. The molecule has 0 fully saturated rings. The number of likely N-dealkylation sites (N-methyl/N-ethyl adjacent to an activating group) is 1. The van der Waals surface area contributed by atoms with Gasteiger partial charge in [0.15, 0.2) is 5.13 Å². The SMILES string of the molecule is CCN(CC)CCN(C(=O)Cc1cc(C)ccc1C)c1nc2c(Cl)cccc2s1.Cl. The van der Waals surface area contributed by atoms with E-state index in [4.69, 9.17) is 16.6 Å². The number of carbonyl (C=O) groups is 1. The minimum Gasteiger partial charge on any atom is -0.302 e. The number of rotatable bonds is 8. The number of nitrogens with zero attached hydrogens (tertiary/aromatic N) is 3. The van der Waals surface area contributed by atoms with Crippen molar-refractivity contribution >= 4 is 56.6 Å². The van der Waals surface area contributed by atoms with Crippen LogP contribution in [-0.4, -0.2) is 42.0 Å². The standard InChI is InChI=1S/C23H28ClN3OS.ClH/c1-5-26(6-2)12-13-27(21(28)15-18-14-16(3)10-11-17(18)4)23-25-22-19(24)8-7-9-20(22)29-23;/h7-11,14H,5-6,12-13,15H2,1-4H3;1H. The molecule has 30 heavy (non-hydrogen) atoms. The molecule has 1 heterocycles. The number of hydrogen-bond acceptors (Lipinski definition) is 4. The molecular formula is C23H29Cl2N3OS. The number of carbonyl (C=O) groups excluding carboxylic acids is 1. The number of hydrogen-bond donors (Lipinski definition) is 0. The molecule has 0 bridgehead atoms. The summed E-state index contributed by atoms with van der Waals surface area (Å²) in [5, 5.41) is 1.34. The third kappa shape index (κ3) is 5.73. The van der Waals surface area contributed by atoms with E-state index in [1.54, 1.807) is 0 Å². The molecule has 0 N–H and O–H groups in total. The molecule has 4 nitrogen and oxygen atoms in total. The molecule has 0 aliphatic carbocycles. The zero-order valence-corrected chi connectivity index (χ0v) is 20.3. The van der Waals surface area contributed by atoms with Crippen molar-refractivity contribution in [1.82, 2.24) is 9.88 Å². The van der Waals surface area contributed by atoms with Crippen molar-refractivity contribution in [1.29, 1.82) is 0 Å². The number of benzene rings is 2. The van der Waals surface area contributed by atoms with Crippen LogP contribution in [0.5, 0.6) is 0 Å². The highest BCUT2D eigenvalue weighted by atomic mass is 35.5. The van der Waals surface area contributed by atoms with E-state index in [1.807, 2.05) is 23.1 Å². The first-order valence-corrected chi connectivity index (χ1v) is 11.3. The summed E-state index contributed by atoms with van der Waals surface area (Å²) in [6.07, 6.45) is 0.370. The van der Waals surface area contributed by atoms with Gasteiger partial charge in [0.1, 0.15) is 5.52 Å². The zero-order chi connectivity index (χ0) is 21.0. The van der Waals surface area contributed by atoms with E-state index < -0.39 is 0 Å². The molecular weight excluding hydrogens is 437 g/mol. The van der Waals surface area contributed by atoms with E-state index in [-0.39, 0.29) is 18.3 Å². The summed E-state index contributed by atoms with van der Waals surface area (Å²) in [5.41, 5.74) is 4.14. The van der Waals surface area contributed by atoms with E-state index in [2.05, 4.69) is 50.8 Å². The van der Waals surface area contributed by atoms with Gasteiger partial charge in [0, 0.05) is 13.1 Å². The Hall–Kier alpha value is -1.66. The summed E-state index contributed by atoms with van der Waals surface area (Å²) in [4.78, 5) is 22.2. The third-order valence-electron chi connectivity index (χ3n) is 5.27. The summed E-state index contributed by atoms with van der Waals surface area (Å²) in [7, 11) is 0. The maximum absolute atomic E-state index is 13.4. The van der Waals surface area contributed by atoms with Crippen molar-refractivity contribution in [2.24, 2.45) is 0 Å². The minimum atomic E-state index is 0. The normalized spacial score (nSPS) is 11.0. The number of halogens is 2. The van der Waals surface area contributed by atoms with Gasteiger partial charge in [-0.2, -0.15) is 0 Å². The monoisotopic (exact) mass is 465 g/mol.